The molecule has 1 heterocycles. The highest BCUT2D eigenvalue weighted by molar-refractivity contribution is 5.76. The second-order valence-corrected chi connectivity index (χ2v) is 17.8. The molecule has 4 heteroatoms. The Morgan fingerprint density at radius 1 is 0.844 bits per heavy atom. The fourth-order valence-electron chi connectivity index (χ4n) is 12.3. The zero-order valence-electron chi connectivity index (χ0n) is 28.6. The Hall–Kier alpha value is -1.81. The average molecular weight is 617 g/mol. The van der Waals surface area contributed by atoms with Gasteiger partial charge in [-0.15, -0.1) is 0 Å². The standard InChI is InChI=1S/C36H52N2O2.C4H8.CH4/c1-23-8-10-24(11-9-23)27-14-18-35(5)30(33(27,2)3)16-19-34(4)28-15-20-36(37-32(40)38-21-25(39)22-38)17-6-7-29(36)26(28)12-13-31(34)35;1-4-2-3-4;/h8-11,14,25-26,28-31,39H,6-7,12-13,15-22H2,1-5H3,(H,37,40);4H,2-3H2,1H3;1H4. The number of benzene rings is 1. The van der Waals surface area contributed by atoms with Crippen LogP contribution in [0, 0.1) is 58.7 Å². The van der Waals surface area contributed by atoms with Crippen LogP contribution < -0.4 is 5.32 Å². The van der Waals surface area contributed by atoms with Gasteiger partial charge >= 0.3 is 6.03 Å². The first kappa shape index (κ1) is 33.1. The number of nitrogens with zero attached hydrogens (tertiary/aromatic N) is 1. The highest BCUT2D eigenvalue weighted by Crippen LogP contribution is 2.72. The van der Waals surface area contributed by atoms with E-state index in [0.29, 0.717) is 29.8 Å². The predicted molar refractivity (Wildman–Crippen MR) is 187 cm³/mol. The van der Waals surface area contributed by atoms with E-state index in [1.807, 2.05) is 4.90 Å². The monoisotopic (exact) mass is 616 g/mol. The first-order valence-electron chi connectivity index (χ1n) is 18.4. The van der Waals surface area contributed by atoms with Crippen molar-refractivity contribution in [2.24, 2.45) is 51.8 Å². The lowest BCUT2D eigenvalue weighted by atomic mass is 9.37. The van der Waals surface area contributed by atoms with Crippen LogP contribution in [0.2, 0.25) is 0 Å². The molecule has 1 aromatic carbocycles. The summed E-state index contributed by atoms with van der Waals surface area (Å²) >= 11 is 0. The fraction of sp³-hybridized carbons (Fsp3) is 0.780. The van der Waals surface area contributed by atoms with Crippen LogP contribution >= 0.6 is 0 Å². The quantitative estimate of drug-likeness (QED) is 0.348. The van der Waals surface area contributed by atoms with Crippen LogP contribution in [0.25, 0.3) is 5.57 Å². The van der Waals surface area contributed by atoms with E-state index in [2.05, 4.69) is 77.2 Å². The van der Waals surface area contributed by atoms with Gasteiger partial charge in [0.25, 0.3) is 0 Å². The number of urea groups is 1. The first-order chi connectivity index (χ1) is 20.9. The van der Waals surface area contributed by atoms with Crippen LogP contribution in [0.4, 0.5) is 4.79 Å². The van der Waals surface area contributed by atoms with Gasteiger partial charge in [0, 0.05) is 5.54 Å². The number of β-amino-alcohol motifs (C(OH)–C–C–N with tert-alkyl or cyclic N) is 1. The summed E-state index contributed by atoms with van der Waals surface area (Å²) in [5, 5.41) is 13.3. The summed E-state index contributed by atoms with van der Waals surface area (Å²) in [5.74, 6) is 4.74. The molecule has 6 aliphatic carbocycles. The van der Waals surface area contributed by atoms with Crippen molar-refractivity contribution in [2.75, 3.05) is 13.1 Å². The maximum absolute atomic E-state index is 13.1. The molecule has 4 nitrogen and oxygen atoms in total. The Bertz CT molecular complexity index is 1270. The smallest absolute Gasteiger partial charge is 0.318 e. The number of hydrogen-bond donors (Lipinski definition) is 2. The molecule has 6 fully saturated rings. The van der Waals surface area contributed by atoms with E-state index in [1.54, 1.807) is 5.57 Å². The summed E-state index contributed by atoms with van der Waals surface area (Å²) in [6.07, 6.45) is 18.0. The largest absolute Gasteiger partial charge is 0.389 e. The van der Waals surface area contributed by atoms with Gasteiger partial charge in [-0.3, -0.25) is 0 Å². The number of nitrogens with one attached hydrogen (secondary N) is 1. The Morgan fingerprint density at radius 2 is 1.53 bits per heavy atom. The zero-order valence-corrected chi connectivity index (χ0v) is 28.6. The van der Waals surface area contributed by atoms with E-state index >= 15 is 0 Å². The van der Waals surface area contributed by atoms with Crippen LogP contribution in [0.15, 0.2) is 30.3 Å². The second-order valence-electron chi connectivity index (χ2n) is 17.8. The molecular weight excluding hydrogens is 552 g/mol. The molecule has 45 heavy (non-hydrogen) atoms. The van der Waals surface area contributed by atoms with Crippen molar-refractivity contribution in [1.82, 2.24) is 10.2 Å². The van der Waals surface area contributed by atoms with Crippen molar-refractivity contribution in [1.29, 1.82) is 0 Å². The van der Waals surface area contributed by atoms with Gasteiger partial charge in [-0.05, 0) is 128 Å². The van der Waals surface area contributed by atoms with Gasteiger partial charge < -0.3 is 15.3 Å². The van der Waals surface area contributed by atoms with Crippen LogP contribution in [0.3, 0.4) is 0 Å². The minimum Gasteiger partial charge on any atom is -0.389 e. The van der Waals surface area contributed by atoms with Gasteiger partial charge in [0.15, 0.2) is 0 Å². The van der Waals surface area contributed by atoms with Crippen LogP contribution in [0.1, 0.15) is 130 Å². The van der Waals surface area contributed by atoms with Gasteiger partial charge in [-0.25, -0.2) is 4.79 Å². The Balaban J connectivity index is 0.000000664. The third-order valence-electron chi connectivity index (χ3n) is 14.8. The number of aliphatic hydroxyl groups is 1. The molecule has 2 amide bonds. The number of amides is 2. The highest BCUT2D eigenvalue weighted by Gasteiger charge is 2.65. The molecule has 0 aromatic heterocycles. The number of allylic oxidation sites excluding steroid dienone is 2. The van der Waals surface area contributed by atoms with E-state index in [4.69, 9.17) is 0 Å². The lowest BCUT2D eigenvalue weighted by Crippen LogP contribution is -2.66. The first-order valence-corrected chi connectivity index (χ1v) is 18.4. The Morgan fingerprint density at radius 3 is 2.18 bits per heavy atom. The number of likely N-dealkylation sites (tertiary alicyclic amines) is 1. The molecule has 5 saturated carbocycles. The van der Waals surface area contributed by atoms with Gasteiger partial charge in [0.2, 0.25) is 0 Å². The lowest BCUT2D eigenvalue weighted by molar-refractivity contribution is -0.172. The number of aliphatic hydroxyl groups excluding tert-OH is 1. The fourth-order valence-corrected chi connectivity index (χ4v) is 12.3. The number of carbonyl (C=O) groups is 1. The molecule has 8 unspecified atom stereocenters. The number of hydrogen-bond acceptors (Lipinski definition) is 2. The summed E-state index contributed by atoms with van der Waals surface area (Å²) in [5.41, 5.74) is 5.27. The molecule has 1 aromatic rings. The van der Waals surface area contributed by atoms with Gasteiger partial charge in [-0.1, -0.05) is 97.2 Å². The molecular formula is C41H64N2O2. The van der Waals surface area contributed by atoms with E-state index in [-0.39, 0.29) is 30.5 Å². The third-order valence-corrected chi connectivity index (χ3v) is 14.8. The maximum Gasteiger partial charge on any atom is 0.318 e. The van der Waals surface area contributed by atoms with Crippen molar-refractivity contribution >= 4 is 11.6 Å². The van der Waals surface area contributed by atoms with Crippen molar-refractivity contribution in [3.8, 4) is 0 Å². The molecule has 1 aliphatic heterocycles. The van der Waals surface area contributed by atoms with Crippen molar-refractivity contribution in [3.05, 3.63) is 41.5 Å². The minimum atomic E-state index is -0.336. The summed E-state index contributed by atoms with van der Waals surface area (Å²) < 4.78 is 0. The predicted octanol–water partition coefficient (Wildman–Crippen LogP) is 9.64. The van der Waals surface area contributed by atoms with E-state index < -0.39 is 0 Å². The normalized spacial score (nSPS) is 41.4. The zero-order chi connectivity index (χ0) is 31.1. The van der Waals surface area contributed by atoms with Crippen LogP contribution in [0.5, 0.6) is 0 Å². The molecule has 0 radical (unpaired) electrons. The maximum atomic E-state index is 13.1. The average Bonchev–Trinajstić information content (AvgIpc) is 3.62. The van der Waals surface area contributed by atoms with Crippen LogP contribution in [-0.2, 0) is 0 Å². The van der Waals surface area contributed by atoms with Gasteiger partial charge in [-0.2, -0.15) is 0 Å². The molecule has 7 aliphatic rings. The highest BCUT2D eigenvalue weighted by atomic mass is 16.3. The lowest BCUT2D eigenvalue weighted by Gasteiger charge is -2.68. The number of carbonyl (C=O) groups excluding carboxylic acids is 1. The number of aryl methyl sites for hydroxylation is 1. The van der Waals surface area contributed by atoms with E-state index in [0.717, 1.165) is 42.4 Å². The number of fused-ring (bicyclic) bond motifs is 7. The topological polar surface area (TPSA) is 52.6 Å². The summed E-state index contributed by atoms with van der Waals surface area (Å²) in [7, 11) is 0. The third kappa shape index (κ3) is 5.41. The molecule has 1 saturated heterocycles. The van der Waals surface area contributed by atoms with Crippen LogP contribution in [-0.4, -0.2) is 40.8 Å². The van der Waals surface area contributed by atoms with Gasteiger partial charge in [0.1, 0.15) is 0 Å². The van der Waals surface area contributed by atoms with Crippen molar-refractivity contribution in [2.45, 2.75) is 138 Å². The SMILES string of the molecule is C.CC1CC1.Cc1ccc(C2=CCC3(C)C(CCC4(C)C5CCC6(NC(=O)N7CC(O)C7)CCCC6C5CCC43)C2(C)C)cc1. The number of rotatable bonds is 2. The molecule has 0 bridgehead atoms. The van der Waals surface area contributed by atoms with E-state index in [9.17, 15) is 9.90 Å². The minimum absolute atomic E-state index is 0. The Labute approximate surface area is 275 Å². The molecule has 8 atom stereocenters. The second kappa shape index (κ2) is 11.7. The summed E-state index contributed by atoms with van der Waals surface area (Å²) in [6, 6.07) is 9.33. The molecule has 0 spiro atoms. The summed E-state index contributed by atoms with van der Waals surface area (Å²) in [4.78, 5) is 14.9. The van der Waals surface area contributed by atoms with Crippen molar-refractivity contribution < 1.29 is 9.90 Å². The molecule has 2 N–H and O–H groups in total. The Kier molecular flexibility index (Phi) is 8.61. The molecule has 250 valence electrons. The summed E-state index contributed by atoms with van der Waals surface area (Å²) in [6.45, 7) is 15.9. The van der Waals surface area contributed by atoms with Crippen molar-refractivity contribution in [3.63, 3.8) is 0 Å². The van der Waals surface area contributed by atoms with Gasteiger partial charge in [0.05, 0.1) is 19.2 Å². The molecule has 8 rings (SSSR count). The van der Waals surface area contributed by atoms with E-state index in [1.165, 1.54) is 75.3 Å².